The topological polar surface area (TPSA) is 62.3 Å². The van der Waals surface area contributed by atoms with Crippen molar-refractivity contribution in [1.29, 1.82) is 0 Å². The Morgan fingerprint density at radius 2 is 2.23 bits per heavy atom. The van der Waals surface area contributed by atoms with Gasteiger partial charge in [-0.25, -0.2) is 4.98 Å². The molecule has 2 aromatic rings. The first-order chi connectivity index (χ1) is 12.6. The highest BCUT2D eigenvalue weighted by atomic mass is 79.9. The van der Waals surface area contributed by atoms with Crippen LogP contribution in [-0.2, 0) is 16.0 Å². The molecule has 5 nitrogen and oxygen atoms in total. The van der Waals surface area contributed by atoms with Gasteiger partial charge in [0.1, 0.15) is 5.01 Å². The van der Waals surface area contributed by atoms with Crippen LogP contribution in [0.5, 0.6) is 0 Å². The number of amides is 2. The van der Waals surface area contributed by atoms with Crippen molar-refractivity contribution in [1.82, 2.24) is 15.2 Å². The number of thiazole rings is 1. The van der Waals surface area contributed by atoms with Crippen molar-refractivity contribution in [3.63, 3.8) is 0 Å². The summed E-state index contributed by atoms with van der Waals surface area (Å²) in [5.74, 6) is 0.0412. The van der Waals surface area contributed by atoms with Gasteiger partial charge >= 0.3 is 0 Å². The van der Waals surface area contributed by atoms with Crippen molar-refractivity contribution in [2.45, 2.75) is 32.6 Å². The first kappa shape index (κ1) is 19.5. The van der Waals surface area contributed by atoms with Crippen LogP contribution >= 0.6 is 38.6 Å². The van der Waals surface area contributed by atoms with Gasteiger partial charge in [-0.3, -0.25) is 9.59 Å². The van der Waals surface area contributed by atoms with Crippen LogP contribution in [-0.4, -0.2) is 41.3 Å². The Hall–Kier alpha value is -1.25. The van der Waals surface area contributed by atoms with Crippen LogP contribution in [0.4, 0.5) is 0 Å². The van der Waals surface area contributed by atoms with Gasteiger partial charge in [-0.1, -0.05) is 6.92 Å². The van der Waals surface area contributed by atoms with Gasteiger partial charge in [0.05, 0.1) is 22.9 Å². The molecule has 0 aliphatic carbocycles. The van der Waals surface area contributed by atoms with Crippen LogP contribution in [0.2, 0.25) is 0 Å². The molecule has 0 spiro atoms. The van der Waals surface area contributed by atoms with Crippen LogP contribution in [0.3, 0.4) is 0 Å². The summed E-state index contributed by atoms with van der Waals surface area (Å²) >= 11 is 6.65. The Labute approximate surface area is 169 Å². The van der Waals surface area contributed by atoms with Gasteiger partial charge in [0.25, 0.3) is 0 Å². The number of nitrogens with zero attached hydrogens (tertiary/aromatic N) is 2. The summed E-state index contributed by atoms with van der Waals surface area (Å²) in [5, 5.41) is 7.87. The molecule has 2 amide bonds. The minimum Gasteiger partial charge on any atom is -0.356 e. The molecule has 140 valence electrons. The molecule has 1 atom stereocenters. The van der Waals surface area contributed by atoms with Crippen molar-refractivity contribution < 1.29 is 9.59 Å². The summed E-state index contributed by atoms with van der Waals surface area (Å²) in [4.78, 5) is 32.4. The minimum absolute atomic E-state index is 0.0576. The fraction of sp³-hybridized carbons (Fsp3) is 0.500. The second-order valence-electron chi connectivity index (χ2n) is 6.42. The highest BCUT2D eigenvalue weighted by Crippen LogP contribution is 2.32. The van der Waals surface area contributed by atoms with E-state index < -0.39 is 0 Å². The average Bonchev–Trinajstić information content (AvgIpc) is 3.28. The zero-order valence-corrected chi connectivity index (χ0v) is 17.9. The van der Waals surface area contributed by atoms with E-state index in [9.17, 15) is 9.59 Å². The molecular formula is C18H22BrN3O2S2. The predicted octanol–water partition coefficient (Wildman–Crippen LogP) is 3.94. The van der Waals surface area contributed by atoms with Crippen LogP contribution in [0.25, 0.3) is 9.88 Å². The van der Waals surface area contributed by atoms with Crippen LogP contribution in [0, 0.1) is 5.92 Å². The maximum absolute atomic E-state index is 12.7. The summed E-state index contributed by atoms with van der Waals surface area (Å²) in [6, 6.07) is 2.04. The number of piperidine rings is 1. The molecule has 1 fully saturated rings. The molecule has 2 aromatic heterocycles. The van der Waals surface area contributed by atoms with Crippen molar-refractivity contribution in [3.8, 4) is 9.88 Å². The third-order valence-electron chi connectivity index (χ3n) is 4.36. The number of hydrogen-bond donors (Lipinski definition) is 1. The van der Waals surface area contributed by atoms with E-state index in [1.807, 2.05) is 28.7 Å². The Morgan fingerprint density at radius 1 is 1.38 bits per heavy atom. The second kappa shape index (κ2) is 9.10. The summed E-state index contributed by atoms with van der Waals surface area (Å²) in [7, 11) is 0. The lowest BCUT2D eigenvalue weighted by molar-refractivity contribution is -0.135. The SMILES string of the molecule is CCCNC(=O)C1CCCN(C(=O)Cc2csc(-c3cc(Br)cs3)n2)C1. The number of carbonyl (C=O) groups excluding carboxylic acids is 2. The molecule has 3 heterocycles. The van der Waals surface area contributed by atoms with E-state index in [0.717, 1.165) is 45.9 Å². The highest BCUT2D eigenvalue weighted by Gasteiger charge is 2.28. The Morgan fingerprint density at radius 3 is 2.96 bits per heavy atom. The standard InChI is InChI=1S/C18H22BrN3O2S2/c1-2-5-20-17(24)12-4-3-6-22(9-12)16(23)8-14-11-26-18(21-14)15-7-13(19)10-25-15/h7,10-12H,2-6,8-9H2,1H3,(H,20,24). The summed E-state index contributed by atoms with van der Waals surface area (Å²) in [6.07, 6.45) is 2.95. The van der Waals surface area contributed by atoms with E-state index in [1.54, 1.807) is 22.7 Å². The second-order valence-corrected chi connectivity index (χ2v) is 9.10. The number of rotatable bonds is 6. The molecule has 1 saturated heterocycles. The highest BCUT2D eigenvalue weighted by molar-refractivity contribution is 9.10. The van der Waals surface area contributed by atoms with Gasteiger partial charge in [-0.2, -0.15) is 0 Å². The largest absolute Gasteiger partial charge is 0.356 e. The smallest absolute Gasteiger partial charge is 0.228 e. The third kappa shape index (κ3) is 4.92. The third-order valence-corrected chi connectivity index (χ3v) is 7.11. The first-order valence-electron chi connectivity index (χ1n) is 8.81. The molecule has 0 radical (unpaired) electrons. The molecule has 8 heteroatoms. The van der Waals surface area contributed by atoms with Crippen molar-refractivity contribution in [2.24, 2.45) is 5.92 Å². The van der Waals surface area contributed by atoms with E-state index in [0.29, 0.717) is 19.5 Å². The lowest BCUT2D eigenvalue weighted by Gasteiger charge is -2.32. The predicted molar refractivity (Wildman–Crippen MR) is 109 cm³/mol. The molecule has 0 saturated carbocycles. The number of nitrogens with one attached hydrogen (secondary N) is 1. The van der Waals surface area contributed by atoms with Crippen molar-refractivity contribution >= 4 is 50.4 Å². The lowest BCUT2D eigenvalue weighted by Crippen LogP contribution is -2.46. The lowest BCUT2D eigenvalue weighted by atomic mass is 9.96. The Balaban J connectivity index is 1.57. The Kier molecular flexibility index (Phi) is 6.83. The number of carbonyl (C=O) groups is 2. The normalized spacial score (nSPS) is 17.3. The molecule has 0 bridgehead atoms. The van der Waals surface area contributed by atoms with Crippen molar-refractivity contribution in [3.05, 3.63) is 27.0 Å². The summed E-state index contributed by atoms with van der Waals surface area (Å²) in [6.45, 7) is 3.98. The van der Waals surface area contributed by atoms with Gasteiger partial charge in [0, 0.05) is 34.9 Å². The van der Waals surface area contributed by atoms with Crippen LogP contribution < -0.4 is 5.32 Å². The molecular weight excluding hydrogens is 434 g/mol. The molecule has 3 rings (SSSR count). The minimum atomic E-state index is -0.0892. The van der Waals surface area contributed by atoms with E-state index in [-0.39, 0.29) is 17.7 Å². The van der Waals surface area contributed by atoms with Crippen molar-refractivity contribution in [2.75, 3.05) is 19.6 Å². The van der Waals surface area contributed by atoms with Crippen LogP contribution in [0.1, 0.15) is 31.9 Å². The van der Waals surface area contributed by atoms with Gasteiger partial charge < -0.3 is 10.2 Å². The quantitative estimate of drug-likeness (QED) is 0.716. The van der Waals surface area contributed by atoms with Gasteiger partial charge in [0.2, 0.25) is 11.8 Å². The number of hydrogen-bond acceptors (Lipinski definition) is 5. The summed E-state index contributed by atoms with van der Waals surface area (Å²) < 4.78 is 1.05. The average molecular weight is 456 g/mol. The molecule has 1 unspecified atom stereocenters. The number of halogens is 1. The van der Waals surface area contributed by atoms with Gasteiger partial charge in [-0.05, 0) is 41.3 Å². The maximum Gasteiger partial charge on any atom is 0.228 e. The number of thiophene rings is 1. The molecule has 0 aromatic carbocycles. The Bertz CT molecular complexity index is 774. The fourth-order valence-corrected chi connectivity index (χ4v) is 5.33. The number of aromatic nitrogens is 1. The van der Waals surface area contributed by atoms with Crippen LogP contribution in [0.15, 0.2) is 21.3 Å². The number of likely N-dealkylation sites (tertiary alicyclic amines) is 1. The first-order valence-corrected chi connectivity index (χ1v) is 11.4. The zero-order chi connectivity index (χ0) is 18.5. The van der Waals surface area contributed by atoms with Gasteiger partial charge in [0.15, 0.2) is 0 Å². The van der Waals surface area contributed by atoms with E-state index in [1.165, 1.54) is 0 Å². The molecule has 1 aliphatic heterocycles. The monoisotopic (exact) mass is 455 g/mol. The maximum atomic E-state index is 12.7. The molecule has 26 heavy (non-hydrogen) atoms. The van der Waals surface area contributed by atoms with E-state index >= 15 is 0 Å². The fourth-order valence-electron chi connectivity index (χ4n) is 3.00. The zero-order valence-electron chi connectivity index (χ0n) is 14.7. The van der Waals surface area contributed by atoms with Gasteiger partial charge in [-0.15, -0.1) is 22.7 Å². The van der Waals surface area contributed by atoms with E-state index in [2.05, 4.69) is 26.2 Å². The molecule has 1 aliphatic rings. The van der Waals surface area contributed by atoms with E-state index in [4.69, 9.17) is 0 Å². The summed E-state index contributed by atoms with van der Waals surface area (Å²) in [5.41, 5.74) is 0.803. The molecule has 1 N–H and O–H groups in total.